The van der Waals surface area contributed by atoms with Crippen molar-refractivity contribution < 1.29 is 13.6 Å². The van der Waals surface area contributed by atoms with E-state index in [-0.39, 0.29) is 22.7 Å². The fourth-order valence-electron chi connectivity index (χ4n) is 3.46. The second kappa shape index (κ2) is 10.2. The molecule has 5 heteroatoms. The molecular formula is C27H38FNO2Si. The molecule has 2 rings (SSSR count). The Kier molecular flexibility index (Phi) is 8.35. The maximum absolute atomic E-state index is 13.8. The van der Waals surface area contributed by atoms with Crippen LogP contribution in [0.5, 0.6) is 0 Å². The molecule has 3 nitrogen and oxygen atoms in total. The minimum atomic E-state index is -2.02. The molecule has 2 aromatic rings. The summed E-state index contributed by atoms with van der Waals surface area (Å²) in [4.78, 5) is 16.3. The van der Waals surface area contributed by atoms with E-state index in [9.17, 15) is 9.18 Å². The average molecular weight is 456 g/mol. The Hall–Kier alpha value is -2.11. The second-order valence-corrected chi connectivity index (χ2v) is 15.3. The van der Waals surface area contributed by atoms with Crippen LogP contribution in [0.15, 0.2) is 30.3 Å². The van der Waals surface area contributed by atoms with Crippen molar-refractivity contribution in [2.45, 2.75) is 85.0 Å². The molecule has 0 amide bonds. The molecule has 1 aromatic heterocycles. The Morgan fingerprint density at radius 2 is 1.59 bits per heavy atom. The van der Waals surface area contributed by atoms with Crippen molar-refractivity contribution in [1.29, 1.82) is 0 Å². The topological polar surface area (TPSA) is 39.2 Å². The van der Waals surface area contributed by atoms with Gasteiger partial charge in [0.05, 0.1) is 12.3 Å². The van der Waals surface area contributed by atoms with Crippen LogP contribution in [0.2, 0.25) is 18.1 Å². The third-order valence-electron chi connectivity index (χ3n) is 6.35. The number of halogens is 1. The zero-order valence-corrected chi connectivity index (χ0v) is 22.0. The third kappa shape index (κ3) is 5.81. The van der Waals surface area contributed by atoms with E-state index in [4.69, 9.17) is 9.41 Å². The van der Waals surface area contributed by atoms with Gasteiger partial charge >= 0.3 is 0 Å². The van der Waals surface area contributed by atoms with Crippen molar-refractivity contribution in [2.24, 2.45) is 0 Å². The van der Waals surface area contributed by atoms with Crippen molar-refractivity contribution in [3.8, 4) is 11.1 Å². The molecule has 32 heavy (non-hydrogen) atoms. The van der Waals surface area contributed by atoms with Gasteiger partial charge in [-0.15, -0.1) is 0 Å². The van der Waals surface area contributed by atoms with Crippen LogP contribution in [-0.4, -0.2) is 19.6 Å². The van der Waals surface area contributed by atoms with E-state index < -0.39 is 8.32 Å². The number of benzene rings is 1. The molecule has 1 heterocycles. The molecule has 0 aliphatic rings. The molecule has 0 fully saturated rings. The first-order valence-corrected chi connectivity index (χ1v) is 14.3. The van der Waals surface area contributed by atoms with E-state index in [0.717, 1.165) is 39.9 Å². The minimum Gasteiger partial charge on any atom is -0.412 e. The number of carbonyl (C=O) groups is 1. The lowest BCUT2D eigenvalue weighted by molar-refractivity contribution is -0.104. The predicted octanol–water partition coefficient (Wildman–Crippen LogP) is 7.87. The molecule has 0 radical (unpaired) electrons. The number of carbonyl (C=O) groups excluding carboxylic acids is 1. The number of nitrogens with zero attached hydrogens (tertiary/aromatic N) is 1. The fraction of sp³-hybridized carbons (Fsp3) is 0.481. The summed E-state index contributed by atoms with van der Waals surface area (Å²) in [5, 5.41) is 0.0760. The second-order valence-electron chi connectivity index (χ2n) is 10.5. The van der Waals surface area contributed by atoms with Crippen molar-refractivity contribution in [3.63, 3.8) is 0 Å². The van der Waals surface area contributed by atoms with Crippen LogP contribution in [0.25, 0.3) is 17.2 Å². The third-order valence-corrected chi connectivity index (χ3v) is 10.8. The van der Waals surface area contributed by atoms with E-state index in [1.807, 2.05) is 6.08 Å². The Morgan fingerprint density at radius 1 is 1.03 bits per heavy atom. The van der Waals surface area contributed by atoms with Gasteiger partial charge in [0.1, 0.15) is 12.1 Å². The van der Waals surface area contributed by atoms with Gasteiger partial charge in [0.25, 0.3) is 0 Å². The molecule has 0 spiro atoms. The molecule has 0 aliphatic heterocycles. The molecule has 0 aliphatic carbocycles. The molecule has 0 N–H and O–H groups in total. The Labute approximate surface area is 194 Å². The Bertz CT molecular complexity index is 971. The SMILES string of the molecule is CC(C)c1nc(C(C)C)c(CO[Si](C)(C)C(C)(C)C)c(-c2ccc(F)cc2)c1C=CC=O. The van der Waals surface area contributed by atoms with Crippen LogP contribution in [0.4, 0.5) is 4.39 Å². The van der Waals surface area contributed by atoms with Gasteiger partial charge < -0.3 is 4.43 Å². The molecule has 0 unspecified atom stereocenters. The Morgan fingerprint density at radius 3 is 2.06 bits per heavy atom. The molecular weight excluding hydrogens is 417 g/mol. The smallest absolute Gasteiger partial charge is 0.192 e. The summed E-state index contributed by atoms with van der Waals surface area (Å²) >= 11 is 0. The van der Waals surface area contributed by atoms with E-state index in [1.165, 1.54) is 18.2 Å². The highest BCUT2D eigenvalue weighted by Crippen LogP contribution is 2.41. The van der Waals surface area contributed by atoms with Crippen molar-refractivity contribution in [3.05, 3.63) is 58.7 Å². The summed E-state index contributed by atoms with van der Waals surface area (Å²) in [6.07, 6.45) is 4.11. The first-order valence-electron chi connectivity index (χ1n) is 11.4. The molecule has 174 valence electrons. The summed E-state index contributed by atoms with van der Waals surface area (Å²) in [7, 11) is -2.02. The molecule has 0 atom stereocenters. The first-order chi connectivity index (χ1) is 14.8. The molecule has 1 aromatic carbocycles. The maximum Gasteiger partial charge on any atom is 0.192 e. The highest BCUT2D eigenvalue weighted by molar-refractivity contribution is 6.74. The average Bonchev–Trinajstić information content (AvgIpc) is 2.69. The number of pyridine rings is 1. The largest absolute Gasteiger partial charge is 0.412 e. The van der Waals surface area contributed by atoms with E-state index >= 15 is 0 Å². The lowest BCUT2D eigenvalue weighted by atomic mass is 9.87. The summed E-state index contributed by atoms with van der Waals surface area (Å²) < 4.78 is 20.4. The highest BCUT2D eigenvalue weighted by atomic mass is 28.4. The summed E-state index contributed by atoms with van der Waals surface area (Å²) in [5.41, 5.74) is 5.72. The van der Waals surface area contributed by atoms with Gasteiger partial charge in [-0.05, 0) is 65.4 Å². The van der Waals surface area contributed by atoms with Crippen LogP contribution < -0.4 is 0 Å². The monoisotopic (exact) mass is 455 g/mol. The maximum atomic E-state index is 13.8. The van der Waals surface area contributed by atoms with E-state index in [0.29, 0.717) is 6.61 Å². The zero-order chi connectivity index (χ0) is 24.3. The zero-order valence-electron chi connectivity index (χ0n) is 21.0. The number of aromatic nitrogens is 1. The van der Waals surface area contributed by atoms with Gasteiger partial charge in [0, 0.05) is 16.8 Å². The van der Waals surface area contributed by atoms with Crippen molar-refractivity contribution >= 4 is 20.7 Å². The number of aldehydes is 1. The van der Waals surface area contributed by atoms with Gasteiger partial charge in [-0.25, -0.2) is 4.39 Å². The fourth-order valence-corrected chi connectivity index (χ4v) is 4.40. The van der Waals surface area contributed by atoms with E-state index in [2.05, 4.69) is 61.6 Å². The summed E-state index contributed by atoms with van der Waals surface area (Å²) in [6, 6.07) is 6.55. The minimum absolute atomic E-state index is 0.0760. The molecule has 0 saturated heterocycles. The lowest BCUT2D eigenvalue weighted by Gasteiger charge is -2.37. The predicted molar refractivity (Wildman–Crippen MR) is 135 cm³/mol. The van der Waals surface area contributed by atoms with E-state index in [1.54, 1.807) is 12.1 Å². The van der Waals surface area contributed by atoms with Gasteiger partial charge in [-0.1, -0.05) is 60.6 Å². The van der Waals surface area contributed by atoms with Gasteiger partial charge in [0.2, 0.25) is 0 Å². The van der Waals surface area contributed by atoms with Gasteiger partial charge in [-0.2, -0.15) is 0 Å². The quantitative estimate of drug-likeness (QED) is 0.231. The molecule has 0 saturated carbocycles. The van der Waals surface area contributed by atoms with Crippen LogP contribution in [0, 0.1) is 5.82 Å². The van der Waals surface area contributed by atoms with Gasteiger partial charge in [0.15, 0.2) is 8.32 Å². The number of rotatable bonds is 8. The molecule has 0 bridgehead atoms. The number of hydrogen-bond acceptors (Lipinski definition) is 3. The van der Waals surface area contributed by atoms with Crippen molar-refractivity contribution in [1.82, 2.24) is 4.98 Å². The number of hydrogen-bond donors (Lipinski definition) is 0. The number of allylic oxidation sites excluding steroid dienone is 1. The lowest BCUT2D eigenvalue weighted by Crippen LogP contribution is -2.40. The summed E-state index contributed by atoms with van der Waals surface area (Å²) in [5.74, 6) is 0.0715. The Balaban J connectivity index is 2.87. The highest BCUT2D eigenvalue weighted by Gasteiger charge is 2.37. The van der Waals surface area contributed by atoms with Crippen LogP contribution in [-0.2, 0) is 15.8 Å². The normalized spacial score (nSPS) is 12.9. The summed E-state index contributed by atoms with van der Waals surface area (Å²) in [6.45, 7) is 20.1. The first kappa shape index (κ1) is 26.1. The van der Waals surface area contributed by atoms with Crippen LogP contribution >= 0.6 is 0 Å². The van der Waals surface area contributed by atoms with Crippen molar-refractivity contribution in [2.75, 3.05) is 0 Å². The standard InChI is InChI=1S/C27H38FNO2Si/c1-18(2)25-22(11-10-16-30)24(20-12-14-21(28)15-13-20)23(26(29-25)19(3)4)17-31-32(8,9)27(5,6)7/h10-16,18-19H,17H2,1-9H3. The van der Waals surface area contributed by atoms with Crippen LogP contribution in [0.1, 0.15) is 82.8 Å². The van der Waals surface area contributed by atoms with Crippen LogP contribution in [0.3, 0.4) is 0 Å². The van der Waals surface area contributed by atoms with Gasteiger partial charge in [-0.3, -0.25) is 9.78 Å².